The summed E-state index contributed by atoms with van der Waals surface area (Å²) in [7, 11) is 0. The van der Waals surface area contributed by atoms with Crippen molar-refractivity contribution in [3.05, 3.63) is 71.9 Å². The van der Waals surface area contributed by atoms with Crippen molar-refractivity contribution in [2.45, 2.75) is 18.8 Å². The first-order valence-electron chi connectivity index (χ1n) is 10.5. The number of carbonyl (C=O) groups excluding carboxylic acids is 2. The Kier molecular flexibility index (Phi) is 8.23. The van der Waals surface area contributed by atoms with E-state index in [9.17, 15) is 40.7 Å². The van der Waals surface area contributed by atoms with Crippen LogP contribution in [0.15, 0.2) is 60.8 Å². The summed E-state index contributed by atoms with van der Waals surface area (Å²) in [5, 5.41) is 12.7. The smallest absolute Gasteiger partial charge is 0.422 e. The summed E-state index contributed by atoms with van der Waals surface area (Å²) in [5.74, 6) is -3.14. The van der Waals surface area contributed by atoms with E-state index in [0.717, 1.165) is 0 Å². The van der Waals surface area contributed by atoms with E-state index in [4.69, 9.17) is 5.11 Å². The zero-order chi connectivity index (χ0) is 28.1. The van der Waals surface area contributed by atoms with Crippen molar-refractivity contribution in [3.63, 3.8) is 0 Å². The predicted octanol–water partition coefficient (Wildman–Crippen LogP) is 6.01. The number of benzene rings is 2. The molecule has 0 saturated heterocycles. The van der Waals surface area contributed by atoms with Gasteiger partial charge < -0.3 is 15.2 Å². The fourth-order valence-corrected chi connectivity index (χ4v) is 3.23. The fraction of sp³-hybridized carbons (Fsp3) is 0.167. The Hall–Kier alpha value is -4.62. The molecule has 14 heteroatoms. The number of rotatable bonds is 8. The molecule has 0 aliphatic heterocycles. The van der Waals surface area contributed by atoms with Gasteiger partial charge in [0.1, 0.15) is 5.75 Å². The summed E-state index contributed by atoms with van der Waals surface area (Å²) in [6, 6.07) is 11.8. The highest BCUT2D eigenvalue weighted by atomic mass is 19.4. The molecule has 1 aromatic heterocycles. The highest BCUT2D eigenvalue weighted by Gasteiger charge is 2.37. The highest BCUT2D eigenvalue weighted by molar-refractivity contribution is 6.12. The molecule has 3 N–H and O–H groups in total. The molecule has 8 nitrogen and oxygen atoms in total. The summed E-state index contributed by atoms with van der Waals surface area (Å²) in [6.45, 7) is -2.08. The van der Waals surface area contributed by atoms with E-state index in [2.05, 4.69) is 9.72 Å². The molecule has 38 heavy (non-hydrogen) atoms. The van der Waals surface area contributed by atoms with E-state index in [-0.39, 0.29) is 11.6 Å². The fourth-order valence-electron chi connectivity index (χ4n) is 3.23. The lowest BCUT2D eigenvalue weighted by molar-refractivity contribution is -0.158. The number of amides is 2. The Labute approximate surface area is 210 Å². The molecule has 3 aromatic rings. The molecule has 0 bridgehead atoms. The molecule has 2 aromatic carbocycles. The molecular weight excluding hydrogens is 524 g/mol. The number of alkyl halides is 6. The maximum Gasteiger partial charge on any atom is 0.422 e. The third-order valence-electron chi connectivity index (χ3n) is 4.80. The van der Waals surface area contributed by atoms with Crippen molar-refractivity contribution in [1.82, 2.24) is 4.98 Å². The molecule has 200 valence electrons. The van der Waals surface area contributed by atoms with Crippen LogP contribution in [-0.2, 0) is 11.0 Å². The number of carbonyl (C=O) groups is 3. The lowest BCUT2D eigenvalue weighted by Crippen LogP contribution is -2.22. The third kappa shape index (κ3) is 7.69. The third-order valence-corrected chi connectivity index (χ3v) is 4.80. The van der Waals surface area contributed by atoms with Gasteiger partial charge in [-0.3, -0.25) is 19.9 Å². The van der Waals surface area contributed by atoms with E-state index < -0.39 is 65.9 Å². The molecule has 0 radical (unpaired) electrons. The second-order valence-corrected chi connectivity index (χ2v) is 7.67. The number of aromatic nitrogens is 1. The molecule has 2 amide bonds. The van der Waals surface area contributed by atoms with E-state index >= 15 is 0 Å². The maximum atomic E-state index is 13.5. The van der Waals surface area contributed by atoms with Gasteiger partial charge in [-0.05, 0) is 24.3 Å². The number of carboxylic acid groups (broad SMARTS) is 1. The number of halogens is 6. The minimum Gasteiger partial charge on any atom is -0.483 e. The van der Waals surface area contributed by atoms with Crippen LogP contribution in [-0.4, -0.2) is 40.7 Å². The standard InChI is InChI=1S/C24H17F6N3O5/c25-23(26,27)12-38-20-10-18(33-22(36)37)17(9-15(20)24(28,29)30)32-21(35)11-19(34)14-5-3-4-13(8-14)16-6-1-2-7-31-16/h1-10,33H,11-12H2,(H,32,35)(H,36,37). The summed E-state index contributed by atoms with van der Waals surface area (Å²) in [4.78, 5) is 40.4. The van der Waals surface area contributed by atoms with Crippen LogP contribution in [0, 0.1) is 0 Å². The first-order chi connectivity index (χ1) is 17.7. The Morgan fingerprint density at radius 1 is 0.895 bits per heavy atom. The Balaban J connectivity index is 1.86. The number of pyridine rings is 1. The molecule has 0 saturated carbocycles. The van der Waals surface area contributed by atoms with Gasteiger partial charge >= 0.3 is 18.4 Å². The van der Waals surface area contributed by atoms with Crippen molar-refractivity contribution in [2.75, 3.05) is 17.2 Å². The second-order valence-electron chi connectivity index (χ2n) is 7.67. The molecule has 0 atom stereocenters. The molecule has 0 unspecified atom stereocenters. The number of hydrogen-bond acceptors (Lipinski definition) is 5. The van der Waals surface area contributed by atoms with E-state index in [1.54, 1.807) is 35.6 Å². The van der Waals surface area contributed by atoms with Crippen LogP contribution < -0.4 is 15.4 Å². The first-order valence-corrected chi connectivity index (χ1v) is 10.5. The number of ether oxygens (including phenoxy) is 1. The molecule has 1 heterocycles. The van der Waals surface area contributed by atoms with Gasteiger partial charge in [0.25, 0.3) is 0 Å². The van der Waals surface area contributed by atoms with Gasteiger partial charge in [0.2, 0.25) is 5.91 Å². The number of Topliss-reactive ketones (excluding diaryl/α,β-unsaturated/α-hetero) is 1. The highest BCUT2D eigenvalue weighted by Crippen LogP contribution is 2.42. The van der Waals surface area contributed by atoms with Gasteiger partial charge in [0.05, 0.1) is 29.1 Å². The lowest BCUT2D eigenvalue weighted by atomic mass is 10.0. The zero-order valence-electron chi connectivity index (χ0n) is 19.0. The monoisotopic (exact) mass is 541 g/mol. The predicted molar refractivity (Wildman–Crippen MR) is 122 cm³/mol. The molecule has 0 aliphatic carbocycles. The number of nitrogens with one attached hydrogen (secondary N) is 2. The van der Waals surface area contributed by atoms with E-state index in [1.165, 1.54) is 18.3 Å². The van der Waals surface area contributed by atoms with Crippen LogP contribution in [0.1, 0.15) is 22.3 Å². The van der Waals surface area contributed by atoms with Gasteiger partial charge in [-0.25, -0.2) is 4.79 Å². The average Bonchev–Trinajstić information content (AvgIpc) is 2.83. The SMILES string of the molecule is O=C(O)Nc1cc(OCC(F)(F)F)c(C(F)(F)F)cc1NC(=O)CC(=O)c1cccc(-c2ccccn2)c1. The summed E-state index contributed by atoms with van der Waals surface area (Å²) in [5.41, 5.74) is -1.96. The van der Waals surface area contributed by atoms with Crippen molar-refractivity contribution in [3.8, 4) is 17.0 Å². The van der Waals surface area contributed by atoms with Crippen molar-refractivity contribution >= 4 is 29.2 Å². The number of ketones is 1. The van der Waals surface area contributed by atoms with Crippen molar-refractivity contribution in [1.29, 1.82) is 0 Å². The van der Waals surface area contributed by atoms with Gasteiger partial charge in [-0.2, -0.15) is 26.3 Å². The normalized spacial score (nSPS) is 11.5. The van der Waals surface area contributed by atoms with Gasteiger partial charge in [-0.1, -0.05) is 24.3 Å². The molecule has 0 spiro atoms. The van der Waals surface area contributed by atoms with Crippen molar-refractivity contribution < 1.29 is 50.6 Å². The first kappa shape index (κ1) is 28.0. The molecule has 0 fully saturated rings. The van der Waals surface area contributed by atoms with Gasteiger partial charge in [0, 0.05) is 23.4 Å². The number of hydrogen-bond donors (Lipinski definition) is 3. The van der Waals surface area contributed by atoms with E-state index in [1.807, 2.05) is 5.32 Å². The van der Waals surface area contributed by atoms with Crippen LogP contribution in [0.3, 0.4) is 0 Å². The van der Waals surface area contributed by atoms with Gasteiger partial charge in [-0.15, -0.1) is 0 Å². The van der Waals surface area contributed by atoms with Gasteiger partial charge in [0.15, 0.2) is 12.4 Å². The minimum atomic E-state index is -5.23. The number of anilines is 2. The molecule has 0 aliphatic rings. The summed E-state index contributed by atoms with van der Waals surface area (Å²) >= 11 is 0. The Bertz CT molecular complexity index is 1340. The minimum absolute atomic E-state index is 0.0964. The summed E-state index contributed by atoms with van der Waals surface area (Å²) < 4.78 is 82.3. The van der Waals surface area contributed by atoms with Crippen molar-refractivity contribution in [2.24, 2.45) is 0 Å². The van der Waals surface area contributed by atoms with Crippen LogP contribution in [0.2, 0.25) is 0 Å². The molecule has 3 rings (SSSR count). The zero-order valence-corrected chi connectivity index (χ0v) is 19.0. The van der Waals surface area contributed by atoms with Crippen LogP contribution in [0.5, 0.6) is 5.75 Å². The quantitative estimate of drug-likeness (QED) is 0.183. The second kappa shape index (κ2) is 11.2. The maximum absolute atomic E-state index is 13.5. The largest absolute Gasteiger partial charge is 0.483 e. The van der Waals surface area contributed by atoms with Crippen LogP contribution in [0.25, 0.3) is 11.3 Å². The lowest BCUT2D eigenvalue weighted by Gasteiger charge is -2.19. The van der Waals surface area contributed by atoms with E-state index in [0.29, 0.717) is 17.3 Å². The number of nitrogens with zero attached hydrogens (tertiary/aromatic N) is 1. The Morgan fingerprint density at radius 3 is 2.21 bits per heavy atom. The topological polar surface area (TPSA) is 118 Å². The summed E-state index contributed by atoms with van der Waals surface area (Å²) in [6.07, 6.45) is -11.3. The van der Waals surface area contributed by atoms with Crippen LogP contribution in [0.4, 0.5) is 42.5 Å². The molecular formula is C24H17F6N3O5. The Morgan fingerprint density at radius 2 is 1.61 bits per heavy atom. The average molecular weight is 541 g/mol. The van der Waals surface area contributed by atoms with Crippen LogP contribution >= 0.6 is 0 Å².